The van der Waals surface area contributed by atoms with Crippen molar-refractivity contribution in [2.45, 2.75) is 26.2 Å². The lowest BCUT2D eigenvalue weighted by Crippen LogP contribution is -2.32. The molecular weight excluding hydrogens is 400 g/mol. The van der Waals surface area contributed by atoms with Gasteiger partial charge in [-0.2, -0.15) is 0 Å². The van der Waals surface area contributed by atoms with Crippen LogP contribution in [-0.2, 0) is 20.7 Å². The van der Waals surface area contributed by atoms with Crippen LogP contribution < -0.4 is 5.32 Å². The van der Waals surface area contributed by atoms with E-state index in [4.69, 9.17) is 4.74 Å². The fourth-order valence-electron chi connectivity index (χ4n) is 3.74. The molecule has 0 saturated carbocycles. The van der Waals surface area contributed by atoms with Crippen LogP contribution >= 0.6 is 0 Å². The molecule has 0 spiro atoms. The number of aliphatic carboxylic acids is 1. The average Bonchev–Trinajstić information content (AvgIpc) is 2.73. The molecule has 1 aliphatic rings. The van der Waals surface area contributed by atoms with Crippen molar-refractivity contribution in [3.05, 3.63) is 98.4 Å². The summed E-state index contributed by atoms with van der Waals surface area (Å²) in [6, 6.07) is 15.3. The first-order chi connectivity index (χ1) is 14.8. The van der Waals surface area contributed by atoms with Gasteiger partial charge in [-0.15, -0.1) is 0 Å². The van der Waals surface area contributed by atoms with Crippen molar-refractivity contribution >= 4 is 17.6 Å². The van der Waals surface area contributed by atoms with E-state index in [9.17, 15) is 24.8 Å². The predicted molar refractivity (Wildman–Crippen MR) is 113 cm³/mol. The quantitative estimate of drug-likeness (QED) is 0.397. The Balaban J connectivity index is 1.98. The zero-order chi connectivity index (χ0) is 22.5. The number of nitro benzene ring substituents is 1. The first kappa shape index (κ1) is 21.8. The number of ether oxygens (including phenoxy) is 1. The summed E-state index contributed by atoms with van der Waals surface area (Å²) < 4.78 is 5.45. The maximum Gasteiger partial charge on any atom is 0.336 e. The van der Waals surface area contributed by atoms with Gasteiger partial charge in [-0.25, -0.2) is 9.59 Å². The number of nitro groups is 1. The van der Waals surface area contributed by atoms with Gasteiger partial charge in [-0.05, 0) is 19.4 Å². The van der Waals surface area contributed by atoms with E-state index in [2.05, 4.69) is 5.32 Å². The molecular formula is C23H22N2O6. The van der Waals surface area contributed by atoms with E-state index in [1.165, 1.54) is 18.2 Å². The number of nitrogens with zero attached hydrogens (tertiary/aromatic N) is 1. The first-order valence-corrected chi connectivity index (χ1v) is 9.67. The van der Waals surface area contributed by atoms with Crippen LogP contribution in [0.3, 0.4) is 0 Å². The third kappa shape index (κ3) is 4.63. The minimum absolute atomic E-state index is 0.0466. The lowest BCUT2D eigenvalue weighted by atomic mass is 9.79. The van der Waals surface area contributed by atoms with Crippen molar-refractivity contribution in [2.24, 2.45) is 0 Å². The van der Waals surface area contributed by atoms with Gasteiger partial charge in [0, 0.05) is 29.4 Å². The molecule has 0 fully saturated rings. The van der Waals surface area contributed by atoms with Crippen molar-refractivity contribution in [3.8, 4) is 0 Å². The topological polar surface area (TPSA) is 119 Å². The molecule has 0 amide bonds. The second-order valence-electron chi connectivity index (χ2n) is 7.13. The van der Waals surface area contributed by atoms with Gasteiger partial charge in [0.25, 0.3) is 5.69 Å². The Morgan fingerprint density at radius 3 is 2.29 bits per heavy atom. The zero-order valence-corrected chi connectivity index (χ0v) is 17.1. The van der Waals surface area contributed by atoms with E-state index in [0.29, 0.717) is 17.8 Å². The molecule has 2 N–H and O–H groups in total. The third-order valence-electron chi connectivity index (χ3n) is 5.12. The summed E-state index contributed by atoms with van der Waals surface area (Å²) in [5.41, 5.74) is 1.48. The summed E-state index contributed by atoms with van der Waals surface area (Å²) >= 11 is 0. The Morgan fingerprint density at radius 2 is 1.65 bits per heavy atom. The van der Waals surface area contributed by atoms with Gasteiger partial charge in [0.05, 0.1) is 28.6 Å². The number of carboxylic acids is 1. The highest BCUT2D eigenvalue weighted by atomic mass is 16.6. The standard InChI is InChI=1S/C23H22N2O6/c1-14-19(22(26)27)21(17-10-6-7-11-18(17)25(29)30)20(15(2)24-14)23(28)31-13-12-16-8-4-3-5-9-16/h3-11,21,24H,12-13H2,1-2H3,(H,26,27). The molecule has 1 unspecified atom stereocenters. The molecule has 0 aromatic heterocycles. The van der Waals surface area contributed by atoms with Crippen molar-refractivity contribution in [3.63, 3.8) is 0 Å². The number of para-hydroxylation sites is 1. The van der Waals surface area contributed by atoms with E-state index in [1.807, 2.05) is 30.3 Å². The summed E-state index contributed by atoms with van der Waals surface area (Å²) in [6.07, 6.45) is 0.489. The lowest BCUT2D eigenvalue weighted by molar-refractivity contribution is -0.385. The van der Waals surface area contributed by atoms with Crippen LogP contribution in [0.1, 0.15) is 30.9 Å². The fourth-order valence-corrected chi connectivity index (χ4v) is 3.74. The maximum atomic E-state index is 13.0. The number of allylic oxidation sites excluding steroid dienone is 2. The number of dihydropyridines is 1. The highest BCUT2D eigenvalue weighted by Crippen LogP contribution is 2.42. The smallest absolute Gasteiger partial charge is 0.336 e. The molecule has 8 nitrogen and oxygen atoms in total. The summed E-state index contributed by atoms with van der Waals surface area (Å²) in [5.74, 6) is -3.12. The molecule has 1 aliphatic heterocycles. The minimum atomic E-state index is -1.27. The summed E-state index contributed by atoms with van der Waals surface area (Å²) in [5, 5.41) is 24.3. The largest absolute Gasteiger partial charge is 0.478 e. The first-order valence-electron chi connectivity index (χ1n) is 9.67. The number of benzene rings is 2. The van der Waals surface area contributed by atoms with Gasteiger partial charge in [-0.3, -0.25) is 10.1 Å². The SMILES string of the molecule is CC1=C(C(=O)O)C(c2ccccc2[N+](=O)[O-])C(C(=O)OCCc2ccccc2)=C(C)N1. The highest BCUT2D eigenvalue weighted by Gasteiger charge is 2.40. The molecule has 0 aliphatic carbocycles. The average molecular weight is 422 g/mol. The summed E-state index contributed by atoms with van der Waals surface area (Å²) in [6.45, 7) is 3.28. The van der Waals surface area contributed by atoms with Crippen LogP contribution in [0.25, 0.3) is 0 Å². The normalized spacial score (nSPS) is 16.0. The lowest BCUT2D eigenvalue weighted by Gasteiger charge is -2.29. The second-order valence-corrected chi connectivity index (χ2v) is 7.13. The van der Waals surface area contributed by atoms with Gasteiger partial charge in [0.15, 0.2) is 0 Å². The monoisotopic (exact) mass is 422 g/mol. The minimum Gasteiger partial charge on any atom is -0.478 e. The number of hydrogen-bond donors (Lipinski definition) is 2. The van der Waals surface area contributed by atoms with Gasteiger partial charge in [0.1, 0.15) is 0 Å². The van der Waals surface area contributed by atoms with Crippen LogP contribution in [0.5, 0.6) is 0 Å². The summed E-state index contributed by atoms with van der Waals surface area (Å²) in [7, 11) is 0. The molecule has 160 valence electrons. The van der Waals surface area contributed by atoms with Crippen LogP contribution in [0.15, 0.2) is 77.1 Å². The van der Waals surface area contributed by atoms with E-state index in [0.717, 1.165) is 5.56 Å². The summed E-state index contributed by atoms with van der Waals surface area (Å²) in [4.78, 5) is 36.1. The van der Waals surface area contributed by atoms with Crippen molar-refractivity contribution in [1.82, 2.24) is 5.32 Å². The van der Waals surface area contributed by atoms with Crippen molar-refractivity contribution < 1.29 is 24.4 Å². The molecule has 0 saturated heterocycles. The molecule has 8 heteroatoms. The highest BCUT2D eigenvalue weighted by molar-refractivity contribution is 5.99. The predicted octanol–water partition coefficient (Wildman–Crippen LogP) is 3.70. The number of hydrogen-bond acceptors (Lipinski definition) is 6. The molecule has 2 aromatic rings. The Bertz CT molecular complexity index is 1090. The van der Waals surface area contributed by atoms with Gasteiger partial charge in [0.2, 0.25) is 0 Å². The number of esters is 1. The molecule has 31 heavy (non-hydrogen) atoms. The van der Waals surface area contributed by atoms with Crippen molar-refractivity contribution in [1.29, 1.82) is 0 Å². The van der Waals surface area contributed by atoms with E-state index in [1.54, 1.807) is 19.9 Å². The van der Waals surface area contributed by atoms with E-state index >= 15 is 0 Å². The number of carbonyl (C=O) groups is 2. The Hall–Kier alpha value is -3.94. The molecule has 2 aromatic carbocycles. The fraction of sp³-hybridized carbons (Fsp3) is 0.217. The number of nitrogens with one attached hydrogen (secondary N) is 1. The molecule has 1 atom stereocenters. The van der Waals surface area contributed by atoms with Crippen LogP contribution in [0.4, 0.5) is 5.69 Å². The Kier molecular flexibility index (Phi) is 6.49. The second kappa shape index (κ2) is 9.25. The molecule has 0 radical (unpaired) electrons. The van der Waals surface area contributed by atoms with Crippen LogP contribution in [0.2, 0.25) is 0 Å². The Morgan fingerprint density at radius 1 is 1.03 bits per heavy atom. The molecule has 0 bridgehead atoms. The molecule has 1 heterocycles. The van der Waals surface area contributed by atoms with Crippen molar-refractivity contribution in [2.75, 3.05) is 6.61 Å². The van der Waals surface area contributed by atoms with Gasteiger partial charge in [-0.1, -0.05) is 48.5 Å². The number of carbonyl (C=O) groups excluding carboxylic acids is 1. The van der Waals surface area contributed by atoms with Gasteiger partial charge < -0.3 is 15.2 Å². The van der Waals surface area contributed by atoms with E-state index in [-0.39, 0.29) is 29.0 Å². The van der Waals surface area contributed by atoms with Crippen LogP contribution in [0, 0.1) is 10.1 Å². The number of carboxylic acid groups (broad SMARTS) is 1. The van der Waals surface area contributed by atoms with Gasteiger partial charge >= 0.3 is 11.9 Å². The zero-order valence-electron chi connectivity index (χ0n) is 17.1. The molecule has 3 rings (SSSR count). The van der Waals surface area contributed by atoms with Crippen LogP contribution in [-0.4, -0.2) is 28.6 Å². The Labute approximate surface area is 179 Å². The maximum absolute atomic E-state index is 13.0. The number of rotatable bonds is 7. The third-order valence-corrected chi connectivity index (χ3v) is 5.12. The van der Waals surface area contributed by atoms with E-state index < -0.39 is 22.8 Å².